The van der Waals surface area contributed by atoms with Crippen LogP contribution in [-0.2, 0) is 25.7 Å². The molecule has 12 heteroatoms. The van der Waals surface area contributed by atoms with E-state index in [0.29, 0.717) is 51.3 Å². The fraction of sp³-hybridized carbons (Fsp3) is 0.704. The second kappa shape index (κ2) is 12.0. The van der Waals surface area contributed by atoms with Gasteiger partial charge in [0.1, 0.15) is 5.60 Å². The third-order valence-electron chi connectivity index (χ3n) is 6.72. The number of nitrogens with one attached hydrogen (secondary N) is 1. The lowest BCUT2D eigenvalue weighted by Crippen LogP contribution is -2.50. The predicted octanol–water partition coefficient (Wildman–Crippen LogP) is 5.18. The summed E-state index contributed by atoms with van der Waals surface area (Å²) in [6.07, 6.45) is -2.46. The van der Waals surface area contributed by atoms with Crippen molar-refractivity contribution in [1.82, 2.24) is 14.5 Å². The Morgan fingerprint density at radius 1 is 1.08 bits per heavy atom. The molecule has 1 aliphatic heterocycles. The van der Waals surface area contributed by atoms with Crippen LogP contribution in [0.2, 0.25) is 0 Å². The van der Waals surface area contributed by atoms with Crippen LogP contribution in [0.3, 0.4) is 0 Å². The third kappa shape index (κ3) is 8.83. The average molecular weight is 576 g/mol. The standard InChI is InChI=1S/C27H40F3N3O5S/c1-18(2)15-20(31-25(35)38-26(3,4)5)17-24(34)32-13-11-22(12-14-32)33(21-9-10-21)39(36,37)23-8-6-7-19(16-23)27(28,29)30/h6-8,16,18,20-22H,9-15,17H2,1-5H3,(H,31,35)/t20-/m0/s1. The van der Waals surface area contributed by atoms with Gasteiger partial charge >= 0.3 is 12.3 Å². The highest BCUT2D eigenvalue weighted by Crippen LogP contribution is 2.38. The lowest BCUT2D eigenvalue weighted by atomic mass is 9.99. The molecule has 0 bridgehead atoms. The van der Waals surface area contributed by atoms with Gasteiger partial charge < -0.3 is 15.0 Å². The van der Waals surface area contributed by atoms with Crippen molar-refractivity contribution < 1.29 is 35.9 Å². The number of hydrogen-bond donors (Lipinski definition) is 1. The summed E-state index contributed by atoms with van der Waals surface area (Å²) in [6.45, 7) is 9.93. The molecule has 1 aliphatic carbocycles. The van der Waals surface area contributed by atoms with Crippen molar-refractivity contribution in [1.29, 1.82) is 0 Å². The number of piperidine rings is 1. The molecule has 1 aromatic carbocycles. The smallest absolute Gasteiger partial charge is 0.416 e. The molecule has 1 heterocycles. The van der Waals surface area contributed by atoms with E-state index in [1.165, 1.54) is 10.4 Å². The largest absolute Gasteiger partial charge is 0.444 e. The summed E-state index contributed by atoms with van der Waals surface area (Å²) in [5.41, 5.74) is -1.67. The molecule has 0 unspecified atom stereocenters. The summed E-state index contributed by atoms with van der Waals surface area (Å²) in [5, 5.41) is 2.80. The summed E-state index contributed by atoms with van der Waals surface area (Å²) in [5.74, 6) is 0.0884. The van der Waals surface area contributed by atoms with Gasteiger partial charge in [-0.3, -0.25) is 4.79 Å². The van der Waals surface area contributed by atoms with E-state index in [-0.39, 0.29) is 29.2 Å². The second-order valence-electron chi connectivity index (χ2n) is 11.9. The Bertz CT molecular complexity index is 1120. The summed E-state index contributed by atoms with van der Waals surface area (Å²) >= 11 is 0. The summed E-state index contributed by atoms with van der Waals surface area (Å²) in [4.78, 5) is 26.7. The fourth-order valence-electron chi connectivity index (χ4n) is 4.92. The number of amides is 2. The van der Waals surface area contributed by atoms with Gasteiger partial charge in [0.05, 0.1) is 10.5 Å². The number of likely N-dealkylation sites (tertiary alicyclic amines) is 1. The molecule has 0 spiro atoms. The molecule has 8 nitrogen and oxygen atoms in total. The van der Waals surface area contributed by atoms with Crippen LogP contribution < -0.4 is 5.32 Å². The molecular weight excluding hydrogens is 535 g/mol. The van der Waals surface area contributed by atoms with E-state index < -0.39 is 45.5 Å². The van der Waals surface area contributed by atoms with Gasteiger partial charge in [-0.25, -0.2) is 13.2 Å². The minimum absolute atomic E-state index is 0.0942. The number of ether oxygens (including phenoxy) is 1. The first-order chi connectivity index (χ1) is 18.0. The minimum Gasteiger partial charge on any atom is -0.444 e. The van der Waals surface area contributed by atoms with Crippen molar-refractivity contribution in [3.63, 3.8) is 0 Å². The Balaban J connectivity index is 1.66. The molecule has 1 N–H and O–H groups in total. The quantitative estimate of drug-likeness (QED) is 0.438. The van der Waals surface area contributed by atoms with Crippen LogP contribution in [0.1, 0.15) is 78.7 Å². The number of alkyl halides is 3. The van der Waals surface area contributed by atoms with Crippen LogP contribution in [0.5, 0.6) is 0 Å². The van der Waals surface area contributed by atoms with Gasteiger partial charge in [0.25, 0.3) is 0 Å². The van der Waals surface area contributed by atoms with Gasteiger partial charge in [-0.15, -0.1) is 0 Å². The van der Waals surface area contributed by atoms with Gasteiger partial charge in [-0.1, -0.05) is 19.9 Å². The number of benzene rings is 1. The Morgan fingerprint density at radius 3 is 2.18 bits per heavy atom. The molecule has 1 saturated carbocycles. The zero-order chi connectivity index (χ0) is 29.2. The van der Waals surface area contributed by atoms with E-state index in [4.69, 9.17) is 4.74 Å². The number of sulfonamides is 1. The summed E-state index contributed by atoms with van der Waals surface area (Å²) in [6, 6.07) is 2.79. The lowest BCUT2D eigenvalue weighted by Gasteiger charge is -2.38. The molecule has 0 radical (unpaired) electrons. The average Bonchev–Trinajstić information content (AvgIpc) is 3.62. The molecule has 39 heavy (non-hydrogen) atoms. The minimum atomic E-state index is -4.65. The van der Waals surface area contributed by atoms with Crippen molar-refractivity contribution >= 4 is 22.0 Å². The molecule has 3 rings (SSSR count). The molecular formula is C27H40F3N3O5S. The van der Waals surface area contributed by atoms with Gasteiger partial charge in [0, 0.05) is 37.6 Å². The highest BCUT2D eigenvalue weighted by Gasteiger charge is 2.44. The SMILES string of the molecule is CC(C)C[C@@H](CC(=O)N1CCC(N(C2CC2)S(=O)(=O)c2cccc(C(F)(F)F)c2)CC1)NC(=O)OC(C)(C)C. The van der Waals surface area contributed by atoms with Gasteiger partial charge in [-0.2, -0.15) is 17.5 Å². The number of alkyl carbamates (subject to hydrolysis) is 1. The number of halogens is 3. The van der Waals surface area contributed by atoms with Gasteiger partial charge in [0.15, 0.2) is 0 Å². The van der Waals surface area contributed by atoms with Crippen molar-refractivity contribution in [2.45, 2.75) is 108 Å². The first kappa shape index (κ1) is 31.2. The third-order valence-corrected chi connectivity index (χ3v) is 8.72. The van der Waals surface area contributed by atoms with Gasteiger partial charge in [0.2, 0.25) is 15.9 Å². The molecule has 220 valence electrons. The van der Waals surface area contributed by atoms with Crippen LogP contribution in [-0.4, -0.2) is 66.4 Å². The maximum Gasteiger partial charge on any atom is 0.416 e. The van der Waals surface area contributed by atoms with Crippen molar-refractivity contribution in [3.05, 3.63) is 29.8 Å². The number of hydrogen-bond acceptors (Lipinski definition) is 5. The fourth-order valence-corrected chi connectivity index (χ4v) is 6.90. The van der Waals surface area contributed by atoms with Crippen molar-refractivity contribution in [2.24, 2.45) is 5.92 Å². The number of carbonyl (C=O) groups is 2. The van der Waals surface area contributed by atoms with E-state index in [1.807, 2.05) is 13.8 Å². The highest BCUT2D eigenvalue weighted by molar-refractivity contribution is 7.89. The number of carbonyl (C=O) groups excluding carboxylic acids is 2. The van der Waals surface area contributed by atoms with Crippen LogP contribution in [0.4, 0.5) is 18.0 Å². The van der Waals surface area contributed by atoms with E-state index in [1.54, 1.807) is 25.7 Å². The maximum atomic E-state index is 13.5. The predicted molar refractivity (Wildman–Crippen MR) is 140 cm³/mol. The molecule has 1 atom stereocenters. The summed E-state index contributed by atoms with van der Waals surface area (Å²) < 4.78 is 73.4. The molecule has 0 aromatic heterocycles. The molecule has 2 fully saturated rings. The topological polar surface area (TPSA) is 96.0 Å². The van der Waals surface area contributed by atoms with Crippen LogP contribution in [0.15, 0.2) is 29.2 Å². The monoisotopic (exact) mass is 575 g/mol. The van der Waals surface area contributed by atoms with E-state index >= 15 is 0 Å². The summed E-state index contributed by atoms with van der Waals surface area (Å²) in [7, 11) is -4.15. The van der Waals surface area contributed by atoms with Crippen molar-refractivity contribution in [3.8, 4) is 0 Å². The molecule has 1 aromatic rings. The van der Waals surface area contributed by atoms with Crippen LogP contribution in [0, 0.1) is 5.92 Å². The first-order valence-corrected chi connectivity index (χ1v) is 14.9. The Morgan fingerprint density at radius 2 is 1.67 bits per heavy atom. The number of rotatable bonds is 9. The Hall–Kier alpha value is -2.34. The van der Waals surface area contributed by atoms with Crippen molar-refractivity contribution in [2.75, 3.05) is 13.1 Å². The second-order valence-corrected chi connectivity index (χ2v) is 13.7. The Labute approximate surface area is 229 Å². The van der Waals surface area contributed by atoms with Crippen LogP contribution in [0.25, 0.3) is 0 Å². The highest BCUT2D eigenvalue weighted by atomic mass is 32.2. The zero-order valence-corrected chi connectivity index (χ0v) is 24.1. The maximum absolute atomic E-state index is 13.5. The van der Waals surface area contributed by atoms with E-state index in [0.717, 1.165) is 12.1 Å². The zero-order valence-electron chi connectivity index (χ0n) is 23.3. The lowest BCUT2D eigenvalue weighted by molar-refractivity contribution is -0.137. The number of nitrogens with zero attached hydrogens (tertiary/aromatic N) is 2. The molecule has 2 aliphatic rings. The van der Waals surface area contributed by atoms with E-state index in [2.05, 4.69) is 5.32 Å². The molecule has 2 amide bonds. The van der Waals surface area contributed by atoms with Gasteiger partial charge in [-0.05, 0) is 77.0 Å². The van der Waals surface area contributed by atoms with E-state index in [9.17, 15) is 31.2 Å². The van der Waals surface area contributed by atoms with Crippen LogP contribution >= 0.6 is 0 Å². The molecule has 1 saturated heterocycles. The first-order valence-electron chi connectivity index (χ1n) is 13.5. The normalized spacial score (nSPS) is 18.4. The Kier molecular flexibility index (Phi) is 9.63.